The Balaban J connectivity index is 2.36. The molecule has 2 nitrogen and oxygen atoms in total. The van der Waals surface area contributed by atoms with E-state index in [0.29, 0.717) is 0 Å². The molecule has 2 N–H and O–H groups in total. The third kappa shape index (κ3) is 3.80. The summed E-state index contributed by atoms with van der Waals surface area (Å²) in [5, 5.41) is 0. The van der Waals surface area contributed by atoms with Gasteiger partial charge in [0.15, 0.2) is 0 Å². The Bertz CT molecular complexity index is 646. The molecule has 0 fully saturated rings. The zero-order chi connectivity index (χ0) is 15.6. The van der Waals surface area contributed by atoms with Gasteiger partial charge >= 0.3 is 6.61 Å². The number of halogens is 3. The van der Waals surface area contributed by atoms with Crippen molar-refractivity contribution in [2.75, 3.05) is 0 Å². The van der Waals surface area contributed by atoms with Gasteiger partial charge in [0, 0.05) is 4.47 Å². The number of hydrogen-bond acceptors (Lipinski definition) is 2. The summed E-state index contributed by atoms with van der Waals surface area (Å²) in [6.45, 7) is 1.11. The Morgan fingerprint density at radius 2 is 1.81 bits per heavy atom. The average Bonchev–Trinajstić information content (AvgIpc) is 2.41. The summed E-state index contributed by atoms with van der Waals surface area (Å²) in [6, 6.07) is 10.1. The SMILES string of the molecule is Cc1cc(C(N)c2cccc(OC(F)F)c2)c(C)cc1Br. The number of hydrogen-bond donors (Lipinski definition) is 1. The molecule has 1 atom stereocenters. The van der Waals surface area contributed by atoms with Crippen molar-refractivity contribution in [2.45, 2.75) is 26.5 Å². The van der Waals surface area contributed by atoms with Crippen LogP contribution in [0.4, 0.5) is 8.78 Å². The molecule has 21 heavy (non-hydrogen) atoms. The number of benzene rings is 2. The van der Waals surface area contributed by atoms with E-state index in [1.54, 1.807) is 18.2 Å². The summed E-state index contributed by atoms with van der Waals surface area (Å²) in [4.78, 5) is 0. The number of alkyl halides is 2. The number of rotatable bonds is 4. The lowest BCUT2D eigenvalue weighted by molar-refractivity contribution is -0.0498. The standard InChI is InChI=1S/C16H16BrF2NO/c1-9-7-14(17)10(2)6-13(9)15(20)11-4-3-5-12(8-11)21-16(18)19/h3-8,15-16H,20H2,1-2H3. The highest BCUT2D eigenvalue weighted by molar-refractivity contribution is 9.10. The van der Waals surface area contributed by atoms with Gasteiger partial charge in [-0.1, -0.05) is 34.1 Å². The van der Waals surface area contributed by atoms with Gasteiger partial charge in [0.05, 0.1) is 6.04 Å². The first kappa shape index (κ1) is 15.9. The molecular formula is C16H16BrF2NO. The van der Waals surface area contributed by atoms with E-state index in [2.05, 4.69) is 20.7 Å². The molecule has 0 spiro atoms. The van der Waals surface area contributed by atoms with E-state index in [-0.39, 0.29) is 5.75 Å². The second kappa shape index (κ2) is 6.54. The van der Waals surface area contributed by atoms with Crippen molar-refractivity contribution in [3.8, 4) is 5.75 Å². The van der Waals surface area contributed by atoms with Gasteiger partial charge in [-0.15, -0.1) is 0 Å². The van der Waals surface area contributed by atoms with Crippen LogP contribution in [-0.2, 0) is 0 Å². The predicted molar refractivity (Wildman–Crippen MR) is 82.7 cm³/mol. The van der Waals surface area contributed by atoms with Gasteiger partial charge < -0.3 is 10.5 Å². The topological polar surface area (TPSA) is 35.2 Å². The van der Waals surface area contributed by atoms with Gasteiger partial charge in [0.1, 0.15) is 5.75 Å². The third-order valence-electron chi connectivity index (χ3n) is 3.32. The van der Waals surface area contributed by atoms with Crippen LogP contribution in [-0.4, -0.2) is 6.61 Å². The highest BCUT2D eigenvalue weighted by atomic mass is 79.9. The first-order chi connectivity index (χ1) is 9.88. The second-order valence-electron chi connectivity index (χ2n) is 4.89. The Morgan fingerprint density at radius 1 is 1.10 bits per heavy atom. The van der Waals surface area contributed by atoms with Crippen molar-refractivity contribution < 1.29 is 13.5 Å². The summed E-state index contributed by atoms with van der Waals surface area (Å²) in [5.74, 6) is 0.115. The van der Waals surface area contributed by atoms with Crippen LogP contribution in [0.1, 0.15) is 28.3 Å². The van der Waals surface area contributed by atoms with Crippen LogP contribution in [0.3, 0.4) is 0 Å². The highest BCUT2D eigenvalue weighted by Crippen LogP contribution is 2.29. The lowest BCUT2D eigenvalue weighted by atomic mass is 9.94. The summed E-state index contributed by atoms with van der Waals surface area (Å²) in [6.07, 6.45) is 0. The predicted octanol–water partition coefficient (Wildman–Crippen LogP) is 4.72. The molecule has 0 saturated heterocycles. The van der Waals surface area contributed by atoms with Gasteiger partial charge in [-0.25, -0.2) is 0 Å². The molecule has 0 aliphatic heterocycles. The second-order valence-corrected chi connectivity index (χ2v) is 5.74. The minimum atomic E-state index is -2.84. The molecule has 0 aliphatic rings. The maximum absolute atomic E-state index is 12.3. The Kier molecular flexibility index (Phi) is 4.96. The van der Waals surface area contributed by atoms with Gasteiger partial charge in [-0.2, -0.15) is 8.78 Å². The summed E-state index contributed by atoms with van der Waals surface area (Å²) in [5.41, 5.74) is 10.1. The average molecular weight is 356 g/mol. The van der Waals surface area contributed by atoms with Crippen LogP contribution in [0.2, 0.25) is 0 Å². The molecule has 2 rings (SSSR count). The van der Waals surface area contributed by atoms with Crippen LogP contribution in [0.5, 0.6) is 5.75 Å². The lowest BCUT2D eigenvalue weighted by Gasteiger charge is -2.17. The van der Waals surface area contributed by atoms with Crippen LogP contribution < -0.4 is 10.5 Å². The Morgan fingerprint density at radius 3 is 2.48 bits per heavy atom. The van der Waals surface area contributed by atoms with Gasteiger partial charge in [-0.05, 0) is 54.3 Å². The first-order valence-corrected chi connectivity index (χ1v) is 7.24. The lowest BCUT2D eigenvalue weighted by Crippen LogP contribution is -2.14. The zero-order valence-corrected chi connectivity index (χ0v) is 13.3. The van der Waals surface area contributed by atoms with Gasteiger partial charge in [0.25, 0.3) is 0 Å². The quantitative estimate of drug-likeness (QED) is 0.861. The fourth-order valence-electron chi connectivity index (χ4n) is 2.20. The highest BCUT2D eigenvalue weighted by Gasteiger charge is 2.14. The van der Waals surface area contributed by atoms with E-state index in [1.165, 1.54) is 6.07 Å². The van der Waals surface area contributed by atoms with Crippen LogP contribution in [0, 0.1) is 13.8 Å². The van der Waals surface area contributed by atoms with Crippen molar-refractivity contribution in [2.24, 2.45) is 5.73 Å². The van der Waals surface area contributed by atoms with E-state index >= 15 is 0 Å². The molecule has 0 heterocycles. The number of aryl methyl sites for hydroxylation is 2. The van der Waals surface area contributed by atoms with Crippen LogP contribution in [0.15, 0.2) is 40.9 Å². The van der Waals surface area contributed by atoms with Crippen LogP contribution >= 0.6 is 15.9 Å². The molecule has 0 radical (unpaired) electrons. The first-order valence-electron chi connectivity index (χ1n) is 6.45. The Labute approximate surface area is 131 Å². The normalized spacial score (nSPS) is 12.5. The zero-order valence-electron chi connectivity index (χ0n) is 11.7. The number of ether oxygens (including phenoxy) is 1. The summed E-state index contributed by atoms with van der Waals surface area (Å²) < 4.78 is 30.0. The molecule has 0 saturated carbocycles. The molecule has 0 amide bonds. The molecular weight excluding hydrogens is 340 g/mol. The Hall–Kier alpha value is -1.46. The smallest absolute Gasteiger partial charge is 0.387 e. The van der Waals surface area contributed by atoms with Gasteiger partial charge in [0.2, 0.25) is 0 Å². The maximum atomic E-state index is 12.3. The van der Waals surface area contributed by atoms with E-state index < -0.39 is 12.7 Å². The summed E-state index contributed by atoms with van der Waals surface area (Å²) >= 11 is 3.48. The largest absolute Gasteiger partial charge is 0.435 e. The van der Waals surface area contributed by atoms with E-state index in [1.807, 2.05) is 26.0 Å². The molecule has 0 aliphatic carbocycles. The van der Waals surface area contributed by atoms with Gasteiger partial charge in [-0.3, -0.25) is 0 Å². The van der Waals surface area contributed by atoms with E-state index in [9.17, 15) is 8.78 Å². The fraction of sp³-hybridized carbons (Fsp3) is 0.250. The van der Waals surface area contributed by atoms with E-state index in [4.69, 9.17) is 5.73 Å². The minimum absolute atomic E-state index is 0.115. The minimum Gasteiger partial charge on any atom is -0.435 e. The van der Waals surface area contributed by atoms with Crippen molar-refractivity contribution in [1.82, 2.24) is 0 Å². The molecule has 2 aromatic rings. The molecule has 5 heteroatoms. The monoisotopic (exact) mass is 355 g/mol. The molecule has 2 aromatic carbocycles. The van der Waals surface area contributed by atoms with Crippen molar-refractivity contribution in [1.29, 1.82) is 0 Å². The third-order valence-corrected chi connectivity index (χ3v) is 4.18. The van der Waals surface area contributed by atoms with Crippen molar-refractivity contribution in [3.05, 3.63) is 63.1 Å². The fourth-order valence-corrected chi connectivity index (χ4v) is 2.66. The molecule has 1 unspecified atom stereocenters. The molecule has 0 aromatic heterocycles. The van der Waals surface area contributed by atoms with Crippen molar-refractivity contribution in [3.63, 3.8) is 0 Å². The molecule has 0 bridgehead atoms. The summed E-state index contributed by atoms with van der Waals surface area (Å²) in [7, 11) is 0. The van der Waals surface area contributed by atoms with Crippen molar-refractivity contribution >= 4 is 15.9 Å². The van der Waals surface area contributed by atoms with E-state index in [0.717, 1.165) is 26.7 Å². The molecule has 112 valence electrons. The number of nitrogens with two attached hydrogens (primary N) is 1. The van der Waals surface area contributed by atoms with Crippen LogP contribution in [0.25, 0.3) is 0 Å². The maximum Gasteiger partial charge on any atom is 0.387 e.